The summed E-state index contributed by atoms with van der Waals surface area (Å²) in [5.74, 6) is -0.812. The molecule has 0 bridgehead atoms. The second-order valence-corrected chi connectivity index (χ2v) is 5.10. The van der Waals surface area contributed by atoms with Gasteiger partial charge in [0, 0.05) is 11.8 Å². The van der Waals surface area contributed by atoms with Gasteiger partial charge in [0.1, 0.15) is 5.82 Å². The molecule has 2 heterocycles. The van der Waals surface area contributed by atoms with Gasteiger partial charge in [-0.1, -0.05) is 0 Å². The molecular weight excluding hydrogens is 333 g/mol. The van der Waals surface area contributed by atoms with Crippen LogP contribution in [-0.2, 0) is 0 Å². The third kappa shape index (κ3) is 3.21. The fraction of sp³-hybridized carbons (Fsp3) is 0.0625. The smallest absolute Gasteiger partial charge is 0.250 e. The number of nitrogen functional groups attached to an aromatic ring is 1. The first-order valence-corrected chi connectivity index (χ1v) is 6.84. The van der Waals surface area contributed by atoms with E-state index in [0.29, 0.717) is 33.8 Å². The molecule has 3 rings (SSSR count). The van der Waals surface area contributed by atoms with Gasteiger partial charge in [0.05, 0.1) is 22.6 Å². The van der Waals surface area contributed by atoms with Gasteiger partial charge in [-0.05, 0) is 42.8 Å². The standard InChI is InChI=1S/C16H14FN5O.ClH/c1-8-6-9(17)2-3-10(8)14-11(15(18)23)7-13(21-14)12-4-5-20-16(19)22-12;/h2-7,21H,1H3,(H2,18,23)(H2,19,20,22);1H. The quantitative estimate of drug-likeness (QED) is 0.676. The second kappa shape index (κ2) is 6.67. The number of hydrogen-bond acceptors (Lipinski definition) is 4. The van der Waals surface area contributed by atoms with Crippen LogP contribution in [0.2, 0.25) is 0 Å². The molecule has 0 aliphatic rings. The summed E-state index contributed by atoms with van der Waals surface area (Å²) in [5.41, 5.74) is 14.3. The molecule has 0 saturated heterocycles. The summed E-state index contributed by atoms with van der Waals surface area (Å²) in [6, 6.07) is 7.58. The lowest BCUT2D eigenvalue weighted by Gasteiger charge is -2.06. The Balaban J connectivity index is 0.00000208. The zero-order valence-corrected chi connectivity index (χ0v) is 13.5. The number of anilines is 1. The summed E-state index contributed by atoms with van der Waals surface area (Å²) in [7, 11) is 0. The Hall–Kier alpha value is -2.93. The molecule has 0 saturated carbocycles. The van der Waals surface area contributed by atoms with E-state index >= 15 is 0 Å². The van der Waals surface area contributed by atoms with Crippen molar-refractivity contribution >= 4 is 24.3 Å². The van der Waals surface area contributed by atoms with Gasteiger partial charge < -0.3 is 16.5 Å². The first kappa shape index (κ1) is 17.4. The number of nitrogens with one attached hydrogen (secondary N) is 1. The number of primary amides is 1. The van der Waals surface area contributed by atoms with Crippen molar-refractivity contribution in [3.05, 3.63) is 53.5 Å². The van der Waals surface area contributed by atoms with Gasteiger partial charge in [0.25, 0.3) is 5.91 Å². The Labute approximate surface area is 143 Å². The van der Waals surface area contributed by atoms with Crippen LogP contribution in [0.1, 0.15) is 15.9 Å². The maximum absolute atomic E-state index is 13.3. The molecule has 0 aliphatic carbocycles. The number of halogens is 2. The van der Waals surface area contributed by atoms with Crippen LogP contribution in [0.5, 0.6) is 0 Å². The number of aromatic amines is 1. The van der Waals surface area contributed by atoms with Crippen LogP contribution >= 0.6 is 12.4 Å². The molecule has 0 atom stereocenters. The molecule has 24 heavy (non-hydrogen) atoms. The minimum atomic E-state index is -0.590. The van der Waals surface area contributed by atoms with Crippen molar-refractivity contribution in [2.45, 2.75) is 6.92 Å². The van der Waals surface area contributed by atoms with Gasteiger partial charge in [0.2, 0.25) is 5.95 Å². The van der Waals surface area contributed by atoms with Crippen molar-refractivity contribution in [3.63, 3.8) is 0 Å². The van der Waals surface area contributed by atoms with Gasteiger partial charge in [-0.2, -0.15) is 0 Å². The number of amides is 1. The molecule has 0 fully saturated rings. The number of nitrogens with two attached hydrogens (primary N) is 2. The number of hydrogen-bond donors (Lipinski definition) is 3. The zero-order valence-electron chi connectivity index (χ0n) is 12.7. The predicted octanol–water partition coefficient (Wildman–Crippen LogP) is 2.69. The monoisotopic (exact) mass is 347 g/mol. The Kier molecular flexibility index (Phi) is 4.85. The van der Waals surface area contributed by atoms with Crippen molar-refractivity contribution in [2.24, 2.45) is 5.73 Å². The Morgan fingerprint density at radius 1 is 1.25 bits per heavy atom. The van der Waals surface area contributed by atoms with Gasteiger partial charge >= 0.3 is 0 Å². The molecule has 0 aliphatic heterocycles. The van der Waals surface area contributed by atoms with Crippen molar-refractivity contribution in [2.75, 3.05) is 5.73 Å². The Bertz CT molecular complexity index is 909. The number of carbonyl (C=O) groups excluding carboxylic acids is 1. The molecule has 3 aromatic rings. The number of benzene rings is 1. The fourth-order valence-electron chi connectivity index (χ4n) is 2.43. The third-order valence-electron chi connectivity index (χ3n) is 3.49. The third-order valence-corrected chi connectivity index (χ3v) is 3.49. The molecular formula is C16H15ClFN5O. The number of H-pyrrole nitrogens is 1. The molecule has 8 heteroatoms. The van der Waals surface area contributed by atoms with Gasteiger partial charge in [0.15, 0.2) is 0 Å². The van der Waals surface area contributed by atoms with Crippen LogP contribution in [0.4, 0.5) is 10.3 Å². The molecule has 0 unspecified atom stereocenters. The van der Waals surface area contributed by atoms with Crippen molar-refractivity contribution in [1.29, 1.82) is 0 Å². The number of aromatic nitrogens is 3. The van der Waals surface area contributed by atoms with Crippen LogP contribution < -0.4 is 11.5 Å². The summed E-state index contributed by atoms with van der Waals surface area (Å²) in [5, 5.41) is 0. The number of carbonyl (C=O) groups is 1. The largest absolute Gasteiger partial charge is 0.368 e. The van der Waals surface area contributed by atoms with Crippen LogP contribution in [0.25, 0.3) is 22.6 Å². The Morgan fingerprint density at radius 2 is 2.00 bits per heavy atom. The lowest BCUT2D eigenvalue weighted by atomic mass is 10.0. The molecule has 5 N–H and O–H groups in total. The van der Waals surface area contributed by atoms with Crippen LogP contribution in [-0.4, -0.2) is 20.9 Å². The van der Waals surface area contributed by atoms with E-state index in [4.69, 9.17) is 11.5 Å². The number of nitrogens with zero attached hydrogens (tertiary/aromatic N) is 2. The van der Waals surface area contributed by atoms with Crippen LogP contribution in [0.3, 0.4) is 0 Å². The zero-order chi connectivity index (χ0) is 16.6. The minimum Gasteiger partial charge on any atom is -0.368 e. The van der Waals surface area contributed by atoms with E-state index in [2.05, 4.69) is 15.0 Å². The van der Waals surface area contributed by atoms with E-state index in [1.54, 1.807) is 25.1 Å². The summed E-state index contributed by atoms with van der Waals surface area (Å²) in [6.45, 7) is 1.76. The normalized spacial score (nSPS) is 10.2. The molecule has 124 valence electrons. The second-order valence-electron chi connectivity index (χ2n) is 5.10. The number of aryl methyl sites for hydroxylation is 1. The highest BCUT2D eigenvalue weighted by molar-refractivity contribution is 6.01. The molecule has 6 nitrogen and oxygen atoms in total. The van der Waals surface area contributed by atoms with E-state index in [0.717, 1.165) is 0 Å². The number of rotatable bonds is 3. The first-order valence-electron chi connectivity index (χ1n) is 6.84. The summed E-state index contributed by atoms with van der Waals surface area (Å²) in [4.78, 5) is 22.8. The maximum Gasteiger partial charge on any atom is 0.250 e. The van der Waals surface area contributed by atoms with Crippen molar-refractivity contribution in [3.8, 4) is 22.6 Å². The van der Waals surface area contributed by atoms with Crippen LogP contribution in [0, 0.1) is 12.7 Å². The van der Waals surface area contributed by atoms with E-state index in [9.17, 15) is 9.18 Å². The van der Waals surface area contributed by atoms with E-state index in [1.807, 2.05) is 0 Å². The fourth-order valence-corrected chi connectivity index (χ4v) is 2.43. The highest BCUT2D eigenvalue weighted by atomic mass is 35.5. The molecule has 0 radical (unpaired) electrons. The minimum absolute atomic E-state index is 0. The van der Waals surface area contributed by atoms with Crippen LogP contribution in [0.15, 0.2) is 36.5 Å². The average Bonchev–Trinajstić information content (AvgIpc) is 2.92. The molecule has 0 spiro atoms. The SMILES string of the molecule is Cc1cc(F)ccc1-c1[nH]c(-c2ccnc(N)n2)cc1C(N)=O.Cl. The lowest BCUT2D eigenvalue weighted by Crippen LogP contribution is -2.11. The molecule has 1 aromatic carbocycles. The van der Waals surface area contributed by atoms with E-state index in [-0.39, 0.29) is 24.2 Å². The highest BCUT2D eigenvalue weighted by Crippen LogP contribution is 2.30. The van der Waals surface area contributed by atoms with E-state index in [1.165, 1.54) is 18.3 Å². The Morgan fingerprint density at radius 3 is 2.62 bits per heavy atom. The van der Waals surface area contributed by atoms with Crippen molar-refractivity contribution < 1.29 is 9.18 Å². The summed E-state index contributed by atoms with van der Waals surface area (Å²) in [6.07, 6.45) is 1.52. The van der Waals surface area contributed by atoms with Gasteiger partial charge in [-0.3, -0.25) is 4.79 Å². The van der Waals surface area contributed by atoms with E-state index < -0.39 is 5.91 Å². The van der Waals surface area contributed by atoms with Gasteiger partial charge in [-0.15, -0.1) is 12.4 Å². The first-order chi connectivity index (χ1) is 11.0. The maximum atomic E-state index is 13.3. The highest BCUT2D eigenvalue weighted by Gasteiger charge is 2.17. The predicted molar refractivity (Wildman–Crippen MR) is 92.1 cm³/mol. The lowest BCUT2D eigenvalue weighted by molar-refractivity contribution is 0.100. The summed E-state index contributed by atoms with van der Waals surface area (Å²) >= 11 is 0. The topological polar surface area (TPSA) is 111 Å². The molecule has 1 amide bonds. The molecule has 2 aromatic heterocycles. The summed E-state index contributed by atoms with van der Waals surface area (Å²) < 4.78 is 13.3. The van der Waals surface area contributed by atoms with Crippen molar-refractivity contribution in [1.82, 2.24) is 15.0 Å². The van der Waals surface area contributed by atoms with Gasteiger partial charge in [-0.25, -0.2) is 14.4 Å². The average molecular weight is 348 g/mol.